The molecule has 1 N–H and O–H groups in total. The Hall–Kier alpha value is -0.620. The van der Waals surface area contributed by atoms with E-state index in [0.717, 1.165) is 30.7 Å². The summed E-state index contributed by atoms with van der Waals surface area (Å²) in [7, 11) is 1.62. The molecule has 2 rings (SSSR count). The summed E-state index contributed by atoms with van der Waals surface area (Å²) in [4.78, 5) is 4.67. The lowest BCUT2D eigenvalue weighted by molar-refractivity contribution is 0.0365. The summed E-state index contributed by atoms with van der Waals surface area (Å²) >= 11 is 3.51. The van der Waals surface area contributed by atoms with Gasteiger partial charge in [0, 0.05) is 50.0 Å². The number of anilines is 1. The Kier molecular flexibility index (Phi) is 5.63. The molecule has 1 aliphatic rings. The molecule has 0 aliphatic carbocycles. The smallest absolute Gasteiger partial charge is 0.0900 e. The maximum absolute atomic E-state index is 9.73. The lowest BCUT2D eigenvalue weighted by atomic mass is 10.2. The third-order valence-corrected chi connectivity index (χ3v) is 3.87. The Morgan fingerprint density at radius 3 is 2.68 bits per heavy atom. The number of hydrogen-bond donors (Lipinski definition) is 1. The fourth-order valence-corrected chi connectivity index (χ4v) is 2.79. The van der Waals surface area contributed by atoms with Crippen molar-refractivity contribution in [2.45, 2.75) is 6.10 Å². The van der Waals surface area contributed by atoms with E-state index >= 15 is 0 Å². The van der Waals surface area contributed by atoms with Crippen LogP contribution in [0.2, 0.25) is 0 Å². The number of β-amino-alcohol motifs (C(OH)–C–C–N with tert-alkyl or cyclic N) is 1. The molecule has 1 aromatic carbocycles. The molecule has 0 bridgehead atoms. The number of piperazine rings is 1. The van der Waals surface area contributed by atoms with Gasteiger partial charge in [0.1, 0.15) is 0 Å². The highest BCUT2D eigenvalue weighted by atomic mass is 79.9. The van der Waals surface area contributed by atoms with Gasteiger partial charge in [-0.05, 0) is 18.2 Å². The molecule has 0 spiro atoms. The van der Waals surface area contributed by atoms with E-state index in [1.54, 1.807) is 7.11 Å². The summed E-state index contributed by atoms with van der Waals surface area (Å²) in [6.45, 7) is 5.05. The van der Waals surface area contributed by atoms with E-state index in [-0.39, 0.29) is 6.10 Å². The zero-order chi connectivity index (χ0) is 13.7. The van der Waals surface area contributed by atoms with Crippen LogP contribution in [-0.2, 0) is 4.74 Å². The van der Waals surface area contributed by atoms with Gasteiger partial charge >= 0.3 is 0 Å². The van der Waals surface area contributed by atoms with Gasteiger partial charge in [-0.1, -0.05) is 22.0 Å². The third-order valence-electron chi connectivity index (χ3n) is 3.37. The first-order chi connectivity index (χ1) is 9.19. The monoisotopic (exact) mass is 328 g/mol. The van der Waals surface area contributed by atoms with Crippen LogP contribution in [0.25, 0.3) is 0 Å². The molecule has 0 aromatic heterocycles. The van der Waals surface area contributed by atoms with Crippen molar-refractivity contribution >= 4 is 21.6 Å². The number of hydrogen-bond acceptors (Lipinski definition) is 4. The Bertz CT molecular complexity index is 395. The lowest BCUT2D eigenvalue weighted by Gasteiger charge is -2.36. The SMILES string of the molecule is COC[C@@H](O)CN1CCN(c2cccc(Br)c2)CC1. The van der Waals surface area contributed by atoms with E-state index in [1.807, 2.05) is 6.07 Å². The van der Waals surface area contributed by atoms with Crippen LogP contribution in [0.5, 0.6) is 0 Å². The van der Waals surface area contributed by atoms with Crippen molar-refractivity contribution in [1.82, 2.24) is 4.90 Å². The second-order valence-electron chi connectivity index (χ2n) is 4.88. The fraction of sp³-hybridized carbons (Fsp3) is 0.571. The molecule has 5 heteroatoms. The predicted molar refractivity (Wildman–Crippen MR) is 80.7 cm³/mol. The highest BCUT2D eigenvalue weighted by Crippen LogP contribution is 2.21. The Balaban J connectivity index is 1.82. The Morgan fingerprint density at radius 1 is 1.32 bits per heavy atom. The van der Waals surface area contributed by atoms with E-state index in [9.17, 15) is 5.11 Å². The van der Waals surface area contributed by atoms with E-state index < -0.39 is 0 Å². The number of rotatable bonds is 5. The maximum Gasteiger partial charge on any atom is 0.0900 e. The first-order valence-corrected chi connectivity index (χ1v) is 7.38. The van der Waals surface area contributed by atoms with Crippen LogP contribution in [-0.4, -0.2) is 62.6 Å². The molecule has 0 radical (unpaired) electrons. The topological polar surface area (TPSA) is 35.9 Å². The van der Waals surface area contributed by atoms with Gasteiger partial charge in [0.2, 0.25) is 0 Å². The van der Waals surface area contributed by atoms with Crippen molar-refractivity contribution in [2.75, 3.05) is 51.3 Å². The van der Waals surface area contributed by atoms with Gasteiger partial charge in [-0.25, -0.2) is 0 Å². The second kappa shape index (κ2) is 7.24. The van der Waals surface area contributed by atoms with Gasteiger partial charge in [-0.15, -0.1) is 0 Å². The minimum Gasteiger partial charge on any atom is -0.389 e. The molecular formula is C14H21BrN2O2. The molecule has 0 amide bonds. The van der Waals surface area contributed by atoms with Gasteiger partial charge in [0.15, 0.2) is 0 Å². The van der Waals surface area contributed by atoms with Gasteiger partial charge in [-0.3, -0.25) is 4.90 Å². The second-order valence-corrected chi connectivity index (χ2v) is 5.79. The van der Waals surface area contributed by atoms with E-state index in [0.29, 0.717) is 13.2 Å². The first kappa shape index (κ1) is 14.8. The number of halogens is 1. The predicted octanol–water partition coefficient (Wildman–Crippen LogP) is 1.58. The highest BCUT2D eigenvalue weighted by Gasteiger charge is 2.19. The number of nitrogens with zero attached hydrogens (tertiary/aromatic N) is 2. The number of ether oxygens (including phenoxy) is 1. The molecule has 1 saturated heterocycles. The van der Waals surface area contributed by atoms with Crippen LogP contribution >= 0.6 is 15.9 Å². The number of aliphatic hydroxyl groups excluding tert-OH is 1. The van der Waals surface area contributed by atoms with Crippen molar-refractivity contribution in [3.05, 3.63) is 28.7 Å². The summed E-state index contributed by atoms with van der Waals surface area (Å²) in [5.41, 5.74) is 1.26. The van der Waals surface area contributed by atoms with Crippen molar-refractivity contribution in [3.8, 4) is 0 Å². The molecule has 106 valence electrons. The molecule has 1 fully saturated rings. The van der Waals surface area contributed by atoms with Gasteiger partial charge in [-0.2, -0.15) is 0 Å². The largest absolute Gasteiger partial charge is 0.389 e. The molecule has 1 aliphatic heterocycles. The average molecular weight is 329 g/mol. The van der Waals surface area contributed by atoms with Crippen LogP contribution in [0.1, 0.15) is 0 Å². The Labute approximate surface area is 123 Å². The van der Waals surface area contributed by atoms with Crippen molar-refractivity contribution < 1.29 is 9.84 Å². The van der Waals surface area contributed by atoms with Crippen molar-refractivity contribution in [1.29, 1.82) is 0 Å². The van der Waals surface area contributed by atoms with E-state index in [1.165, 1.54) is 5.69 Å². The van der Waals surface area contributed by atoms with Crippen LogP contribution in [0, 0.1) is 0 Å². The fourth-order valence-electron chi connectivity index (χ4n) is 2.40. The van der Waals surface area contributed by atoms with Crippen LogP contribution in [0.3, 0.4) is 0 Å². The molecular weight excluding hydrogens is 308 g/mol. The standard InChI is InChI=1S/C14H21BrN2O2/c1-19-11-14(18)10-16-5-7-17(8-6-16)13-4-2-3-12(15)9-13/h2-4,9,14,18H,5-8,10-11H2,1H3/t14-/m0/s1. The highest BCUT2D eigenvalue weighted by molar-refractivity contribution is 9.10. The number of aliphatic hydroxyl groups is 1. The molecule has 19 heavy (non-hydrogen) atoms. The van der Waals surface area contributed by atoms with Crippen LogP contribution in [0.15, 0.2) is 28.7 Å². The first-order valence-electron chi connectivity index (χ1n) is 6.59. The maximum atomic E-state index is 9.73. The molecule has 4 nitrogen and oxygen atoms in total. The zero-order valence-electron chi connectivity index (χ0n) is 11.3. The third kappa shape index (κ3) is 4.45. The van der Waals surface area contributed by atoms with Crippen molar-refractivity contribution in [2.24, 2.45) is 0 Å². The normalized spacial score (nSPS) is 18.6. The van der Waals surface area contributed by atoms with Gasteiger partial charge in [0.25, 0.3) is 0 Å². The minimum atomic E-state index is -0.387. The number of benzene rings is 1. The van der Waals surface area contributed by atoms with Crippen LogP contribution in [0.4, 0.5) is 5.69 Å². The number of methoxy groups -OCH3 is 1. The molecule has 1 heterocycles. The summed E-state index contributed by atoms with van der Waals surface area (Å²) in [6, 6.07) is 8.39. The molecule has 0 saturated carbocycles. The Morgan fingerprint density at radius 2 is 2.05 bits per heavy atom. The molecule has 1 atom stereocenters. The average Bonchev–Trinajstić information content (AvgIpc) is 2.40. The summed E-state index contributed by atoms with van der Waals surface area (Å²) < 4.78 is 6.07. The lowest BCUT2D eigenvalue weighted by Crippen LogP contribution is -2.49. The summed E-state index contributed by atoms with van der Waals surface area (Å²) in [6.07, 6.45) is -0.387. The van der Waals surface area contributed by atoms with Crippen LogP contribution < -0.4 is 4.90 Å². The van der Waals surface area contributed by atoms with E-state index in [2.05, 4.69) is 43.9 Å². The summed E-state index contributed by atoms with van der Waals surface area (Å²) in [5, 5.41) is 9.73. The van der Waals surface area contributed by atoms with Crippen molar-refractivity contribution in [3.63, 3.8) is 0 Å². The van der Waals surface area contributed by atoms with E-state index in [4.69, 9.17) is 4.74 Å². The zero-order valence-corrected chi connectivity index (χ0v) is 12.8. The molecule has 1 aromatic rings. The van der Waals surface area contributed by atoms with Gasteiger partial charge < -0.3 is 14.7 Å². The minimum absolute atomic E-state index is 0.387. The summed E-state index contributed by atoms with van der Waals surface area (Å²) in [5.74, 6) is 0. The quantitative estimate of drug-likeness (QED) is 0.890. The van der Waals surface area contributed by atoms with Gasteiger partial charge in [0.05, 0.1) is 12.7 Å². The molecule has 0 unspecified atom stereocenters.